The Bertz CT molecular complexity index is 1220. The molecular formula is C29H38N6O6. The van der Waals surface area contributed by atoms with Gasteiger partial charge >= 0.3 is 5.97 Å². The number of aliphatic carboxylic acids is 1. The van der Waals surface area contributed by atoms with Gasteiger partial charge in [-0.25, -0.2) is 0 Å². The van der Waals surface area contributed by atoms with E-state index in [1.807, 2.05) is 0 Å². The lowest BCUT2D eigenvalue weighted by Crippen LogP contribution is -2.61. The molecule has 12 heteroatoms. The second-order valence-electron chi connectivity index (χ2n) is 10.4. The minimum Gasteiger partial charge on any atom is -0.480 e. The van der Waals surface area contributed by atoms with Crippen LogP contribution in [0.25, 0.3) is 0 Å². The normalized spacial score (nSPS) is 15.6. The van der Waals surface area contributed by atoms with Crippen LogP contribution in [0.5, 0.6) is 0 Å². The number of carbonyl (C=O) groups is 5. The molecule has 1 fully saturated rings. The highest BCUT2D eigenvalue weighted by Crippen LogP contribution is 2.28. The maximum absolute atomic E-state index is 14.1. The van der Waals surface area contributed by atoms with Gasteiger partial charge in [0.15, 0.2) is 0 Å². The third-order valence-corrected chi connectivity index (χ3v) is 7.24. The van der Waals surface area contributed by atoms with Crippen molar-refractivity contribution in [3.8, 4) is 0 Å². The van der Waals surface area contributed by atoms with Gasteiger partial charge < -0.3 is 32.1 Å². The maximum atomic E-state index is 14.1. The summed E-state index contributed by atoms with van der Waals surface area (Å²) in [5.41, 5.74) is 13.3. The molecule has 0 spiro atoms. The molecule has 2 aromatic rings. The van der Waals surface area contributed by atoms with Crippen molar-refractivity contribution in [2.24, 2.45) is 11.7 Å². The van der Waals surface area contributed by atoms with Gasteiger partial charge in [-0.05, 0) is 48.1 Å². The summed E-state index contributed by atoms with van der Waals surface area (Å²) < 4.78 is 0. The van der Waals surface area contributed by atoms with Gasteiger partial charge in [0.1, 0.15) is 24.7 Å². The highest BCUT2D eigenvalue weighted by molar-refractivity contribution is 5.95. The minimum atomic E-state index is -1.33. The zero-order valence-electron chi connectivity index (χ0n) is 23.1. The summed E-state index contributed by atoms with van der Waals surface area (Å²) >= 11 is 0. The van der Waals surface area contributed by atoms with Gasteiger partial charge in [0.05, 0.1) is 0 Å². The molecule has 220 valence electrons. The Labute approximate surface area is 238 Å². The number of primary amides is 1. The second kappa shape index (κ2) is 14.8. The van der Waals surface area contributed by atoms with Gasteiger partial charge in [-0.3, -0.25) is 29.0 Å². The SMILES string of the molecule is CC(=O)N[C@@H](Cc1ccc(N)cc1)C(=O)N[C@H](C(=O)N(CC(=O)O)[C@@H](Cc1cccnc1)C(N)=O)C1CCCCC1. The van der Waals surface area contributed by atoms with Gasteiger partial charge in [-0.2, -0.15) is 0 Å². The van der Waals surface area contributed by atoms with Gasteiger partial charge in [-0.1, -0.05) is 37.5 Å². The number of hydrogen-bond donors (Lipinski definition) is 5. The Morgan fingerprint density at radius 1 is 1.00 bits per heavy atom. The first-order chi connectivity index (χ1) is 19.5. The van der Waals surface area contributed by atoms with Crippen LogP contribution in [0.3, 0.4) is 0 Å². The number of nitrogens with one attached hydrogen (secondary N) is 2. The predicted octanol–water partition coefficient (Wildman–Crippen LogP) is 0.786. The molecule has 0 unspecified atom stereocenters. The van der Waals surface area contributed by atoms with E-state index in [2.05, 4.69) is 15.6 Å². The fourth-order valence-corrected chi connectivity index (χ4v) is 5.22. The van der Waals surface area contributed by atoms with Gasteiger partial charge in [0.25, 0.3) is 0 Å². The van der Waals surface area contributed by atoms with Crippen molar-refractivity contribution in [2.45, 2.75) is 70.0 Å². The van der Waals surface area contributed by atoms with Crippen molar-refractivity contribution in [3.05, 3.63) is 59.9 Å². The number of rotatable bonds is 13. The van der Waals surface area contributed by atoms with Crippen LogP contribution in [0.2, 0.25) is 0 Å². The van der Waals surface area contributed by atoms with Crippen molar-refractivity contribution in [2.75, 3.05) is 12.3 Å². The van der Waals surface area contributed by atoms with Crippen LogP contribution in [0.4, 0.5) is 5.69 Å². The van der Waals surface area contributed by atoms with Crippen LogP contribution in [-0.4, -0.2) is 69.3 Å². The zero-order valence-corrected chi connectivity index (χ0v) is 23.1. The summed E-state index contributed by atoms with van der Waals surface area (Å²) in [7, 11) is 0. The predicted molar refractivity (Wildman–Crippen MR) is 151 cm³/mol. The first-order valence-electron chi connectivity index (χ1n) is 13.7. The van der Waals surface area contributed by atoms with Gasteiger partial charge in [-0.15, -0.1) is 0 Å². The molecule has 1 aliphatic rings. The lowest BCUT2D eigenvalue weighted by molar-refractivity contribution is -0.151. The highest BCUT2D eigenvalue weighted by Gasteiger charge is 2.40. The molecule has 4 amide bonds. The first-order valence-corrected chi connectivity index (χ1v) is 13.7. The fourth-order valence-electron chi connectivity index (χ4n) is 5.22. The molecule has 3 rings (SSSR count). The van der Waals surface area contributed by atoms with Crippen LogP contribution >= 0.6 is 0 Å². The number of carbonyl (C=O) groups excluding carboxylic acids is 4. The lowest BCUT2D eigenvalue weighted by Gasteiger charge is -2.37. The summed E-state index contributed by atoms with van der Waals surface area (Å²) in [6, 6.07) is 6.78. The minimum absolute atomic E-state index is 0.0425. The average Bonchev–Trinajstić information content (AvgIpc) is 2.94. The Kier molecular flexibility index (Phi) is 11.2. The number of hydrogen-bond acceptors (Lipinski definition) is 7. The smallest absolute Gasteiger partial charge is 0.323 e. The Morgan fingerprint density at radius 3 is 2.24 bits per heavy atom. The molecule has 1 aromatic heterocycles. The van der Waals surface area contributed by atoms with E-state index in [1.165, 1.54) is 13.1 Å². The topological polar surface area (TPSA) is 198 Å². The number of pyridine rings is 1. The molecule has 1 aliphatic carbocycles. The molecule has 12 nitrogen and oxygen atoms in total. The van der Waals surface area contributed by atoms with Crippen LogP contribution in [0.1, 0.15) is 50.2 Å². The molecule has 1 aromatic carbocycles. The second-order valence-corrected chi connectivity index (χ2v) is 10.4. The third kappa shape index (κ3) is 9.30. The average molecular weight is 567 g/mol. The molecule has 41 heavy (non-hydrogen) atoms. The first kappa shape index (κ1) is 31.1. The molecule has 0 radical (unpaired) electrons. The number of benzene rings is 1. The number of amides is 4. The third-order valence-electron chi connectivity index (χ3n) is 7.24. The van der Waals surface area contributed by atoms with E-state index in [0.29, 0.717) is 24.1 Å². The van der Waals surface area contributed by atoms with E-state index in [-0.39, 0.29) is 18.8 Å². The maximum Gasteiger partial charge on any atom is 0.323 e. The molecule has 1 saturated carbocycles. The fraction of sp³-hybridized carbons (Fsp3) is 0.448. The van der Waals surface area contributed by atoms with Crippen LogP contribution in [-0.2, 0) is 36.8 Å². The largest absolute Gasteiger partial charge is 0.480 e. The Hall–Kier alpha value is -4.48. The number of aromatic nitrogens is 1. The molecule has 3 atom stereocenters. The van der Waals surface area contributed by atoms with Gasteiger partial charge in [0, 0.05) is 37.8 Å². The Morgan fingerprint density at radius 2 is 1.68 bits per heavy atom. The molecule has 1 heterocycles. The summed E-state index contributed by atoms with van der Waals surface area (Å²) in [4.78, 5) is 69.1. The number of nitrogen functional groups attached to an aromatic ring is 1. The lowest BCUT2D eigenvalue weighted by atomic mass is 9.82. The zero-order chi connectivity index (χ0) is 29.9. The Balaban J connectivity index is 1.93. The summed E-state index contributed by atoms with van der Waals surface area (Å²) in [6.45, 7) is 0.504. The standard InChI is InChI=1S/C29H38N6O6/c1-18(36)33-23(14-19-9-11-22(30)12-10-19)28(40)34-26(21-7-3-2-4-8-21)29(41)35(17-25(37)38)24(27(31)39)15-20-6-5-13-32-16-20/h5-6,9-13,16,21,23-24,26H,2-4,7-8,14-15,17,30H2,1H3,(H2,31,39)(H,33,36)(H,34,40)(H,37,38)/t23-,24-,26-/m0/s1. The van der Waals surface area contributed by atoms with Crippen molar-refractivity contribution in [1.82, 2.24) is 20.5 Å². The number of carboxylic acid groups (broad SMARTS) is 1. The van der Waals surface area contributed by atoms with Crippen LogP contribution in [0.15, 0.2) is 48.8 Å². The number of nitrogens with zero attached hydrogens (tertiary/aromatic N) is 2. The number of nitrogens with two attached hydrogens (primary N) is 2. The summed E-state index contributed by atoms with van der Waals surface area (Å²) in [5, 5.41) is 15.1. The van der Waals surface area contributed by atoms with Crippen molar-refractivity contribution in [1.29, 1.82) is 0 Å². The van der Waals surface area contributed by atoms with E-state index >= 15 is 0 Å². The van der Waals surface area contributed by atoms with Crippen molar-refractivity contribution in [3.63, 3.8) is 0 Å². The highest BCUT2D eigenvalue weighted by atomic mass is 16.4. The monoisotopic (exact) mass is 566 g/mol. The van der Waals surface area contributed by atoms with Crippen LogP contribution in [0, 0.1) is 5.92 Å². The molecule has 0 bridgehead atoms. The molecule has 0 aliphatic heterocycles. The number of anilines is 1. The van der Waals surface area contributed by atoms with E-state index in [9.17, 15) is 29.1 Å². The van der Waals surface area contributed by atoms with Gasteiger partial charge in [0.2, 0.25) is 23.6 Å². The summed E-state index contributed by atoms with van der Waals surface area (Å²) in [6.07, 6.45) is 7.05. The molecular weight excluding hydrogens is 528 g/mol. The van der Waals surface area contributed by atoms with E-state index < -0.39 is 54.3 Å². The quantitative estimate of drug-likeness (QED) is 0.219. The van der Waals surface area contributed by atoms with E-state index in [1.54, 1.807) is 42.6 Å². The summed E-state index contributed by atoms with van der Waals surface area (Å²) in [5.74, 6) is -4.24. The number of carboxylic acids is 1. The van der Waals surface area contributed by atoms with Crippen molar-refractivity contribution < 1.29 is 29.1 Å². The van der Waals surface area contributed by atoms with Crippen molar-refractivity contribution >= 4 is 35.3 Å². The van der Waals surface area contributed by atoms with Crippen LogP contribution < -0.4 is 22.1 Å². The van der Waals surface area contributed by atoms with E-state index in [0.717, 1.165) is 29.7 Å². The van der Waals surface area contributed by atoms with E-state index in [4.69, 9.17) is 11.5 Å². The molecule has 7 N–H and O–H groups in total. The molecule has 0 saturated heterocycles.